The summed E-state index contributed by atoms with van der Waals surface area (Å²) < 4.78 is 0.635. The average Bonchev–Trinajstić information content (AvgIpc) is 3.18. The van der Waals surface area contributed by atoms with Crippen LogP contribution in [-0.4, -0.2) is 27.6 Å². The molecule has 0 atom stereocenters. The number of thioether (sulfide) groups is 1. The van der Waals surface area contributed by atoms with Crippen molar-refractivity contribution in [3.63, 3.8) is 0 Å². The highest BCUT2D eigenvalue weighted by molar-refractivity contribution is 8.01. The number of nitrogens with zero attached hydrogens (tertiary/aromatic N) is 2. The third kappa shape index (κ3) is 6.37. The largest absolute Gasteiger partial charge is 0.297 e. The molecule has 1 amide bonds. The first-order valence-electron chi connectivity index (χ1n) is 9.45. The van der Waals surface area contributed by atoms with E-state index in [0.717, 1.165) is 5.56 Å². The van der Waals surface area contributed by atoms with Crippen LogP contribution >= 0.6 is 23.1 Å². The number of hydrogen-bond acceptors (Lipinski definition) is 6. The third-order valence-corrected chi connectivity index (χ3v) is 6.23. The molecule has 0 aliphatic carbocycles. The van der Waals surface area contributed by atoms with Gasteiger partial charge in [-0.05, 0) is 22.6 Å². The van der Waals surface area contributed by atoms with Crippen LogP contribution in [0.15, 0.2) is 65.0 Å². The maximum absolute atomic E-state index is 12.2. The number of benzene rings is 2. The molecule has 1 heterocycles. The van der Waals surface area contributed by atoms with E-state index in [1.165, 1.54) is 34.7 Å². The molecule has 154 valence electrons. The van der Waals surface area contributed by atoms with Gasteiger partial charge in [0.2, 0.25) is 11.0 Å². The number of nitrogens with one attached hydrogen (secondary N) is 1. The zero-order valence-corrected chi connectivity index (χ0v) is 18.7. The van der Waals surface area contributed by atoms with Gasteiger partial charge in [0.1, 0.15) is 0 Å². The molecule has 5 nitrogen and oxygen atoms in total. The first kappa shape index (κ1) is 21.9. The van der Waals surface area contributed by atoms with E-state index >= 15 is 0 Å². The number of carbonyl (C=O) groups excluding carboxylic acids is 2. The molecular formula is C23H23N3O2S2. The van der Waals surface area contributed by atoms with Crippen LogP contribution in [0, 0.1) is 0 Å². The molecule has 2 aromatic carbocycles. The highest BCUT2D eigenvalue weighted by Gasteiger charge is 2.13. The Morgan fingerprint density at radius 1 is 1.03 bits per heavy atom. The van der Waals surface area contributed by atoms with Gasteiger partial charge in [-0.15, -0.1) is 10.2 Å². The van der Waals surface area contributed by atoms with Crippen molar-refractivity contribution in [2.24, 2.45) is 0 Å². The number of aromatic nitrogens is 2. The Bertz CT molecular complexity index is 1040. The molecule has 30 heavy (non-hydrogen) atoms. The third-order valence-electron chi connectivity index (χ3n) is 4.26. The van der Waals surface area contributed by atoms with Gasteiger partial charge in [0.15, 0.2) is 10.1 Å². The van der Waals surface area contributed by atoms with Gasteiger partial charge in [0.25, 0.3) is 0 Å². The minimum Gasteiger partial charge on any atom is -0.297 e. The van der Waals surface area contributed by atoms with Gasteiger partial charge >= 0.3 is 0 Å². The quantitative estimate of drug-likeness (QED) is 0.230. The molecule has 3 aromatic rings. The highest BCUT2D eigenvalue weighted by Crippen LogP contribution is 2.26. The van der Waals surface area contributed by atoms with Crippen LogP contribution in [0.2, 0.25) is 0 Å². The fourth-order valence-corrected chi connectivity index (χ4v) is 4.22. The molecule has 0 saturated carbocycles. The number of amides is 1. The van der Waals surface area contributed by atoms with E-state index in [1.54, 1.807) is 18.2 Å². The summed E-state index contributed by atoms with van der Waals surface area (Å²) in [6, 6.07) is 17.3. The van der Waals surface area contributed by atoms with Crippen LogP contribution in [0.1, 0.15) is 42.3 Å². The number of ketones is 1. The van der Waals surface area contributed by atoms with Crippen molar-refractivity contribution in [2.75, 3.05) is 11.1 Å². The smallest absolute Gasteiger partial charge is 0.250 e. The Morgan fingerprint density at radius 2 is 1.73 bits per heavy atom. The lowest BCUT2D eigenvalue weighted by Crippen LogP contribution is -2.10. The van der Waals surface area contributed by atoms with Gasteiger partial charge in [0, 0.05) is 11.6 Å². The second kappa shape index (κ2) is 9.82. The first-order chi connectivity index (χ1) is 14.3. The number of carbonyl (C=O) groups is 2. The Hall–Kier alpha value is -2.77. The fraction of sp³-hybridized carbons (Fsp3) is 0.217. The van der Waals surface area contributed by atoms with Gasteiger partial charge in [-0.3, -0.25) is 14.9 Å². The molecule has 0 aliphatic rings. The average molecular weight is 438 g/mol. The SMILES string of the molecule is CC(C)(C)c1ccc(/C=C/C(=O)Nc2nnc(SCC(=O)c3ccccc3)s2)cc1. The summed E-state index contributed by atoms with van der Waals surface area (Å²) in [7, 11) is 0. The number of anilines is 1. The maximum atomic E-state index is 12.2. The Morgan fingerprint density at radius 3 is 2.40 bits per heavy atom. The van der Waals surface area contributed by atoms with E-state index in [0.29, 0.717) is 15.0 Å². The van der Waals surface area contributed by atoms with Crippen molar-refractivity contribution in [3.8, 4) is 0 Å². The molecule has 1 N–H and O–H groups in total. The molecule has 0 radical (unpaired) electrons. The molecule has 0 aliphatic heterocycles. The normalized spacial score (nSPS) is 11.6. The van der Waals surface area contributed by atoms with Crippen molar-refractivity contribution in [1.29, 1.82) is 0 Å². The lowest BCUT2D eigenvalue weighted by Gasteiger charge is -2.18. The fourth-order valence-electron chi connectivity index (χ4n) is 2.57. The maximum Gasteiger partial charge on any atom is 0.250 e. The van der Waals surface area contributed by atoms with Crippen LogP contribution in [0.4, 0.5) is 5.13 Å². The summed E-state index contributed by atoms with van der Waals surface area (Å²) in [6.07, 6.45) is 3.23. The van der Waals surface area contributed by atoms with Crippen LogP contribution < -0.4 is 5.32 Å². The summed E-state index contributed by atoms with van der Waals surface area (Å²) in [6.45, 7) is 6.49. The van der Waals surface area contributed by atoms with E-state index < -0.39 is 0 Å². The lowest BCUT2D eigenvalue weighted by atomic mass is 9.87. The van der Waals surface area contributed by atoms with Crippen molar-refractivity contribution in [1.82, 2.24) is 10.2 Å². The highest BCUT2D eigenvalue weighted by atomic mass is 32.2. The molecule has 3 rings (SSSR count). The summed E-state index contributed by atoms with van der Waals surface area (Å²) in [5, 5.41) is 11.1. The molecule has 1 aromatic heterocycles. The van der Waals surface area contributed by atoms with Crippen LogP contribution in [-0.2, 0) is 10.2 Å². The molecule has 0 spiro atoms. The number of Topliss-reactive ketones (excluding diaryl/α,β-unsaturated/α-hetero) is 1. The van der Waals surface area contributed by atoms with Crippen molar-refractivity contribution in [2.45, 2.75) is 30.5 Å². The van der Waals surface area contributed by atoms with Crippen LogP contribution in [0.25, 0.3) is 6.08 Å². The van der Waals surface area contributed by atoms with E-state index in [1.807, 2.05) is 30.3 Å². The molecule has 0 unspecified atom stereocenters. The van der Waals surface area contributed by atoms with E-state index in [9.17, 15) is 9.59 Å². The number of hydrogen-bond donors (Lipinski definition) is 1. The Balaban J connectivity index is 1.51. The Labute approximate surface area is 184 Å². The second-order valence-electron chi connectivity index (χ2n) is 7.65. The van der Waals surface area contributed by atoms with Crippen LogP contribution in [0.5, 0.6) is 0 Å². The monoisotopic (exact) mass is 437 g/mol. The van der Waals surface area contributed by atoms with Crippen LogP contribution in [0.3, 0.4) is 0 Å². The topological polar surface area (TPSA) is 72.0 Å². The van der Waals surface area contributed by atoms with Gasteiger partial charge in [0.05, 0.1) is 5.75 Å². The Kier molecular flexibility index (Phi) is 7.18. The van der Waals surface area contributed by atoms with Crippen molar-refractivity contribution in [3.05, 3.63) is 77.4 Å². The minimum atomic E-state index is -0.275. The van der Waals surface area contributed by atoms with E-state index in [-0.39, 0.29) is 22.9 Å². The predicted octanol–water partition coefficient (Wildman–Crippen LogP) is 5.46. The minimum absolute atomic E-state index is 0.0294. The summed E-state index contributed by atoms with van der Waals surface area (Å²) in [5.74, 6) is 0.0293. The zero-order chi connectivity index (χ0) is 21.6. The standard InChI is InChI=1S/C23H23N3O2S2/c1-23(2,3)18-12-9-16(10-13-18)11-14-20(28)24-21-25-26-22(30-21)29-15-19(27)17-7-5-4-6-8-17/h4-14H,15H2,1-3H3,(H,24,25,28)/b14-11+. The second-order valence-corrected chi connectivity index (χ2v) is 9.85. The molecule has 0 fully saturated rings. The molecule has 0 saturated heterocycles. The first-order valence-corrected chi connectivity index (χ1v) is 11.3. The summed E-state index contributed by atoms with van der Waals surface area (Å²) >= 11 is 2.56. The summed E-state index contributed by atoms with van der Waals surface area (Å²) in [4.78, 5) is 24.3. The molecular weight excluding hydrogens is 414 g/mol. The van der Waals surface area contributed by atoms with Gasteiger partial charge in [-0.2, -0.15) is 0 Å². The van der Waals surface area contributed by atoms with Gasteiger partial charge in [-0.25, -0.2) is 0 Å². The van der Waals surface area contributed by atoms with Crippen molar-refractivity contribution >= 4 is 46.0 Å². The lowest BCUT2D eigenvalue weighted by molar-refractivity contribution is -0.111. The molecule has 0 bridgehead atoms. The number of rotatable bonds is 7. The van der Waals surface area contributed by atoms with E-state index in [4.69, 9.17) is 0 Å². The van der Waals surface area contributed by atoms with Crippen molar-refractivity contribution < 1.29 is 9.59 Å². The van der Waals surface area contributed by atoms with Gasteiger partial charge in [-0.1, -0.05) is 98.5 Å². The zero-order valence-electron chi connectivity index (χ0n) is 17.1. The van der Waals surface area contributed by atoms with Gasteiger partial charge < -0.3 is 0 Å². The van der Waals surface area contributed by atoms with E-state index in [2.05, 4.69) is 48.4 Å². The summed E-state index contributed by atoms with van der Waals surface area (Å²) in [5.41, 5.74) is 2.96. The molecule has 7 heteroatoms. The predicted molar refractivity (Wildman–Crippen MR) is 124 cm³/mol.